The van der Waals surface area contributed by atoms with E-state index in [1.165, 1.54) is 37.7 Å². The Labute approximate surface area is 195 Å². The SMILES string of the molecule is OC[C@@H]1C[C@H](O)C[C@@H](c2ccc(Cl)c(Cc3ccc(OC4CC5CCCC5C4)cc3)c2)O1. The first-order chi connectivity index (χ1) is 15.6. The van der Waals surface area contributed by atoms with Crippen molar-refractivity contribution in [3.63, 3.8) is 0 Å². The number of aliphatic hydroxyl groups is 2. The molecule has 32 heavy (non-hydrogen) atoms. The summed E-state index contributed by atoms with van der Waals surface area (Å²) in [6.45, 7) is -0.0788. The normalized spacial score (nSPS) is 32.1. The van der Waals surface area contributed by atoms with Crippen LogP contribution in [0.4, 0.5) is 0 Å². The lowest BCUT2D eigenvalue weighted by molar-refractivity contribution is -0.113. The van der Waals surface area contributed by atoms with Gasteiger partial charge in [-0.1, -0.05) is 55.1 Å². The van der Waals surface area contributed by atoms with Crippen molar-refractivity contribution in [1.82, 2.24) is 0 Å². The quantitative estimate of drug-likeness (QED) is 0.605. The third-order valence-electron chi connectivity index (χ3n) is 7.59. The van der Waals surface area contributed by atoms with E-state index in [9.17, 15) is 10.2 Å². The molecule has 1 saturated heterocycles. The van der Waals surface area contributed by atoms with Crippen molar-refractivity contribution in [2.45, 2.75) is 75.8 Å². The Morgan fingerprint density at radius 2 is 1.72 bits per heavy atom. The van der Waals surface area contributed by atoms with Crippen molar-refractivity contribution in [3.8, 4) is 5.75 Å². The number of ether oxygens (including phenoxy) is 2. The van der Waals surface area contributed by atoms with Gasteiger partial charge in [0.15, 0.2) is 0 Å². The zero-order valence-electron chi connectivity index (χ0n) is 18.5. The van der Waals surface area contributed by atoms with Crippen LogP contribution in [0.25, 0.3) is 0 Å². The first-order valence-corrected chi connectivity index (χ1v) is 12.4. The summed E-state index contributed by atoms with van der Waals surface area (Å²) in [5.74, 6) is 2.73. The molecule has 2 aliphatic carbocycles. The molecule has 172 valence electrons. The average Bonchev–Trinajstić information content (AvgIpc) is 3.38. The van der Waals surface area contributed by atoms with Crippen LogP contribution in [-0.2, 0) is 11.2 Å². The molecule has 2 N–H and O–H groups in total. The van der Waals surface area contributed by atoms with Crippen molar-refractivity contribution < 1.29 is 19.7 Å². The third-order valence-corrected chi connectivity index (χ3v) is 7.96. The summed E-state index contributed by atoms with van der Waals surface area (Å²) in [4.78, 5) is 0. The highest BCUT2D eigenvalue weighted by atomic mass is 35.5. The smallest absolute Gasteiger partial charge is 0.119 e. The summed E-state index contributed by atoms with van der Waals surface area (Å²) in [5.41, 5.74) is 3.21. The minimum atomic E-state index is -0.461. The van der Waals surface area contributed by atoms with Crippen LogP contribution in [0.5, 0.6) is 5.75 Å². The predicted octanol–water partition coefficient (Wildman–Crippen LogP) is 5.46. The van der Waals surface area contributed by atoms with Gasteiger partial charge in [0.1, 0.15) is 5.75 Å². The molecule has 1 heterocycles. The molecule has 3 fully saturated rings. The summed E-state index contributed by atoms with van der Waals surface area (Å²) in [6.07, 6.45) is 7.68. The van der Waals surface area contributed by atoms with E-state index in [2.05, 4.69) is 30.3 Å². The maximum absolute atomic E-state index is 10.1. The van der Waals surface area contributed by atoms with E-state index in [1.807, 2.05) is 12.1 Å². The number of rotatable bonds is 6. The van der Waals surface area contributed by atoms with Gasteiger partial charge >= 0.3 is 0 Å². The molecule has 0 radical (unpaired) electrons. The summed E-state index contributed by atoms with van der Waals surface area (Å²) >= 11 is 6.51. The van der Waals surface area contributed by atoms with Crippen LogP contribution in [0.2, 0.25) is 5.02 Å². The molecule has 2 aromatic rings. The Morgan fingerprint density at radius 1 is 0.969 bits per heavy atom. The third kappa shape index (κ3) is 4.99. The van der Waals surface area contributed by atoms with Gasteiger partial charge < -0.3 is 19.7 Å². The summed E-state index contributed by atoms with van der Waals surface area (Å²) < 4.78 is 12.3. The Bertz CT molecular complexity index is 902. The van der Waals surface area contributed by atoms with Gasteiger partial charge in [0, 0.05) is 17.9 Å². The average molecular weight is 457 g/mol. The molecule has 4 nitrogen and oxygen atoms in total. The van der Waals surface area contributed by atoms with Crippen molar-refractivity contribution in [1.29, 1.82) is 0 Å². The molecular weight excluding hydrogens is 424 g/mol. The van der Waals surface area contributed by atoms with Crippen LogP contribution in [0.3, 0.4) is 0 Å². The van der Waals surface area contributed by atoms with Gasteiger partial charge in [0.25, 0.3) is 0 Å². The van der Waals surface area contributed by atoms with E-state index in [0.29, 0.717) is 18.9 Å². The van der Waals surface area contributed by atoms with E-state index >= 15 is 0 Å². The number of hydrogen-bond donors (Lipinski definition) is 2. The highest BCUT2D eigenvalue weighted by Crippen LogP contribution is 2.45. The minimum Gasteiger partial charge on any atom is -0.490 e. The second kappa shape index (κ2) is 9.72. The monoisotopic (exact) mass is 456 g/mol. The molecule has 2 aromatic carbocycles. The van der Waals surface area contributed by atoms with E-state index in [0.717, 1.165) is 40.2 Å². The van der Waals surface area contributed by atoms with Gasteiger partial charge in [0.2, 0.25) is 0 Å². The van der Waals surface area contributed by atoms with Gasteiger partial charge in [-0.15, -0.1) is 0 Å². The van der Waals surface area contributed by atoms with Crippen LogP contribution in [0, 0.1) is 11.8 Å². The van der Waals surface area contributed by atoms with Gasteiger partial charge in [-0.3, -0.25) is 0 Å². The summed E-state index contributed by atoms with van der Waals surface area (Å²) in [5, 5.41) is 20.3. The van der Waals surface area contributed by atoms with E-state index in [-0.39, 0.29) is 18.8 Å². The second-order valence-electron chi connectivity index (χ2n) is 9.89. The van der Waals surface area contributed by atoms with Gasteiger partial charge in [-0.25, -0.2) is 0 Å². The highest BCUT2D eigenvalue weighted by molar-refractivity contribution is 6.31. The van der Waals surface area contributed by atoms with Crippen molar-refractivity contribution in [3.05, 3.63) is 64.2 Å². The van der Waals surface area contributed by atoms with Crippen LogP contribution in [0.1, 0.15) is 67.7 Å². The molecule has 2 unspecified atom stereocenters. The largest absolute Gasteiger partial charge is 0.490 e. The summed E-state index contributed by atoms with van der Waals surface area (Å²) in [7, 11) is 0. The molecule has 1 aliphatic heterocycles. The fourth-order valence-electron chi connectivity index (χ4n) is 5.95. The lowest BCUT2D eigenvalue weighted by Crippen LogP contribution is -2.33. The van der Waals surface area contributed by atoms with E-state index < -0.39 is 6.10 Å². The van der Waals surface area contributed by atoms with Crippen molar-refractivity contribution >= 4 is 11.6 Å². The lowest BCUT2D eigenvalue weighted by atomic mass is 9.94. The number of halogens is 1. The van der Waals surface area contributed by atoms with E-state index in [4.69, 9.17) is 21.1 Å². The topological polar surface area (TPSA) is 58.9 Å². The second-order valence-corrected chi connectivity index (χ2v) is 10.3. The van der Waals surface area contributed by atoms with E-state index in [1.54, 1.807) is 0 Å². The van der Waals surface area contributed by atoms with Crippen molar-refractivity contribution in [2.24, 2.45) is 11.8 Å². The molecule has 3 aliphatic rings. The first kappa shape index (κ1) is 22.2. The molecule has 2 saturated carbocycles. The zero-order valence-corrected chi connectivity index (χ0v) is 19.2. The Morgan fingerprint density at radius 3 is 2.44 bits per heavy atom. The van der Waals surface area contributed by atoms with Gasteiger partial charge in [-0.05, 0) is 66.0 Å². The lowest BCUT2D eigenvalue weighted by Gasteiger charge is -2.32. The fourth-order valence-corrected chi connectivity index (χ4v) is 6.14. The van der Waals surface area contributed by atoms with Crippen molar-refractivity contribution in [2.75, 3.05) is 6.61 Å². The van der Waals surface area contributed by atoms with Gasteiger partial charge in [-0.2, -0.15) is 0 Å². The Kier molecular flexibility index (Phi) is 6.75. The van der Waals surface area contributed by atoms with Crippen LogP contribution in [0.15, 0.2) is 42.5 Å². The van der Waals surface area contributed by atoms with Crippen LogP contribution in [-0.4, -0.2) is 35.1 Å². The molecule has 5 atom stereocenters. The highest BCUT2D eigenvalue weighted by Gasteiger charge is 2.38. The predicted molar refractivity (Wildman–Crippen MR) is 125 cm³/mol. The summed E-state index contributed by atoms with van der Waals surface area (Å²) in [6, 6.07) is 14.3. The molecule has 5 rings (SSSR count). The number of aliphatic hydroxyl groups excluding tert-OH is 2. The molecule has 0 bridgehead atoms. The maximum atomic E-state index is 10.1. The number of benzene rings is 2. The van der Waals surface area contributed by atoms with Gasteiger partial charge in [0.05, 0.1) is 31.0 Å². The minimum absolute atomic E-state index is 0.0788. The Hall–Kier alpha value is -1.59. The zero-order chi connectivity index (χ0) is 22.1. The molecule has 0 aromatic heterocycles. The fraction of sp³-hybridized carbons (Fsp3) is 0.556. The maximum Gasteiger partial charge on any atom is 0.119 e. The standard InChI is InChI=1S/C27H33ClO4/c28-26-9-6-20(27-15-22(30)14-25(16-29)32-27)11-21(26)10-17-4-7-23(8-5-17)31-24-12-18-2-1-3-19(18)13-24/h4-9,11,18-19,22,24-25,27,29-30H,1-3,10,12-16H2/t18?,19?,22-,24?,25-,27-/m0/s1. The molecule has 0 amide bonds. The molecular formula is C27H33ClO4. The Balaban J connectivity index is 1.23. The first-order valence-electron chi connectivity index (χ1n) is 12.1. The van der Waals surface area contributed by atoms with Crippen LogP contribution < -0.4 is 4.74 Å². The number of fused-ring (bicyclic) bond motifs is 1. The molecule has 5 heteroatoms. The molecule has 0 spiro atoms. The van der Waals surface area contributed by atoms with Crippen LogP contribution >= 0.6 is 11.6 Å². The number of hydrogen-bond acceptors (Lipinski definition) is 4.